The molecule has 0 spiro atoms. The molecule has 0 radical (unpaired) electrons. The van der Waals surface area contributed by atoms with E-state index in [0.29, 0.717) is 0 Å². The number of aromatic nitrogens is 1. The third-order valence-electron chi connectivity index (χ3n) is 2.71. The first-order chi connectivity index (χ1) is 7.29. The van der Waals surface area contributed by atoms with Crippen molar-refractivity contribution in [1.29, 1.82) is 0 Å². The summed E-state index contributed by atoms with van der Waals surface area (Å²) in [5, 5.41) is 6.98. The topological polar surface area (TPSA) is 24.9 Å². The first-order valence-electron chi connectivity index (χ1n) is 5.94. The highest BCUT2D eigenvalue weighted by molar-refractivity contribution is 7.09. The molecular formula is C12H22N2S. The lowest BCUT2D eigenvalue weighted by atomic mass is 9.89. The molecule has 1 heterocycles. The van der Waals surface area contributed by atoms with E-state index in [-0.39, 0.29) is 5.54 Å². The molecule has 1 aromatic rings. The Bertz CT molecular complexity index is 240. The number of hydrogen-bond acceptors (Lipinski definition) is 3. The van der Waals surface area contributed by atoms with E-state index in [9.17, 15) is 0 Å². The molecule has 0 aliphatic rings. The van der Waals surface area contributed by atoms with Gasteiger partial charge in [0.1, 0.15) is 5.01 Å². The quantitative estimate of drug-likeness (QED) is 0.769. The van der Waals surface area contributed by atoms with E-state index in [1.807, 2.05) is 6.20 Å². The van der Waals surface area contributed by atoms with Crippen LogP contribution in [0.4, 0.5) is 0 Å². The van der Waals surface area contributed by atoms with Gasteiger partial charge in [-0.15, -0.1) is 11.3 Å². The van der Waals surface area contributed by atoms with E-state index in [1.165, 1.54) is 30.7 Å². The number of thiazole rings is 1. The lowest BCUT2D eigenvalue weighted by Crippen LogP contribution is -2.42. The summed E-state index contributed by atoms with van der Waals surface area (Å²) in [5.41, 5.74) is 0.131. The molecule has 0 aliphatic heterocycles. The van der Waals surface area contributed by atoms with Crippen molar-refractivity contribution >= 4 is 11.3 Å². The lowest BCUT2D eigenvalue weighted by Gasteiger charge is -2.32. The van der Waals surface area contributed by atoms with Gasteiger partial charge in [0.25, 0.3) is 0 Å². The highest BCUT2D eigenvalue weighted by Gasteiger charge is 2.31. The zero-order valence-electron chi connectivity index (χ0n) is 10.0. The molecule has 0 bridgehead atoms. The first kappa shape index (κ1) is 12.7. The van der Waals surface area contributed by atoms with Gasteiger partial charge in [-0.3, -0.25) is 0 Å². The number of nitrogens with one attached hydrogen (secondary N) is 1. The lowest BCUT2D eigenvalue weighted by molar-refractivity contribution is 0.285. The number of rotatable bonds is 7. The van der Waals surface area contributed by atoms with E-state index in [2.05, 4.69) is 36.5 Å². The molecule has 0 amide bonds. The Morgan fingerprint density at radius 2 is 1.93 bits per heavy atom. The smallest absolute Gasteiger partial charge is 0.113 e. The van der Waals surface area contributed by atoms with Crippen LogP contribution in [0.2, 0.25) is 0 Å². The second kappa shape index (κ2) is 6.23. The van der Waals surface area contributed by atoms with Gasteiger partial charge in [0.05, 0.1) is 5.54 Å². The molecule has 3 heteroatoms. The Morgan fingerprint density at radius 1 is 1.27 bits per heavy atom. The maximum absolute atomic E-state index is 4.50. The Kier molecular flexibility index (Phi) is 5.26. The molecule has 0 saturated heterocycles. The number of nitrogens with zero attached hydrogens (tertiary/aromatic N) is 1. The number of hydrogen-bond donors (Lipinski definition) is 1. The van der Waals surface area contributed by atoms with Crippen LogP contribution in [0.5, 0.6) is 0 Å². The first-order valence-corrected chi connectivity index (χ1v) is 6.82. The minimum absolute atomic E-state index is 0.131. The SMILES string of the molecule is CCCC(CCC)(NCC)c1nccs1. The fourth-order valence-electron chi connectivity index (χ4n) is 2.24. The van der Waals surface area contributed by atoms with Gasteiger partial charge >= 0.3 is 0 Å². The van der Waals surface area contributed by atoms with Crippen molar-refractivity contribution in [3.8, 4) is 0 Å². The van der Waals surface area contributed by atoms with Crippen LogP contribution in [0.3, 0.4) is 0 Å². The van der Waals surface area contributed by atoms with Gasteiger partial charge in [0.15, 0.2) is 0 Å². The molecule has 0 atom stereocenters. The molecule has 0 fully saturated rings. The van der Waals surface area contributed by atoms with Crippen LogP contribution in [0, 0.1) is 0 Å². The molecule has 15 heavy (non-hydrogen) atoms. The van der Waals surface area contributed by atoms with Gasteiger partial charge in [0.2, 0.25) is 0 Å². The molecule has 1 aromatic heterocycles. The zero-order chi connectivity index (χ0) is 11.1. The fraction of sp³-hybridized carbons (Fsp3) is 0.750. The van der Waals surface area contributed by atoms with E-state index in [0.717, 1.165) is 6.54 Å². The molecule has 86 valence electrons. The van der Waals surface area contributed by atoms with Crippen molar-refractivity contribution in [1.82, 2.24) is 10.3 Å². The van der Waals surface area contributed by atoms with Crippen molar-refractivity contribution in [2.24, 2.45) is 0 Å². The van der Waals surface area contributed by atoms with Crippen molar-refractivity contribution in [3.63, 3.8) is 0 Å². The van der Waals surface area contributed by atoms with Crippen LogP contribution in [-0.4, -0.2) is 11.5 Å². The minimum Gasteiger partial charge on any atom is -0.306 e. The normalized spacial score (nSPS) is 11.9. The standard InChI is InChI=1S/C12H22N2S/c1-4-7-12(8-5-2,14-6-3)11-13-9-10-15-11/h9-10,14H,4-8H2,1-3H3. The molecular weight excluding hydrogens is 204 g/mol. The molecule has 0 unspecified atom stereocenters. The average Bonchev–Trinajstić information content (AvgIpc) is 2.72. The molecule has 1 N–H and O–H groups in total. The van der Waals surface area contributed by atoms with E-state index in [1.54, 1.807) is 11.3 Å². The predicted molar refractivity (Wildman–Crippen MR) is 67.3 cm³/mol. The van der Waals surface area contributed by atoms with Gasteiger partial charge in [0, 0.05) is 11.6 Å². The fourth-order valence-corrected chi connectivity index (χ4v) is 3.12. The molecule has 0 aliphatic carbocycles. The van der Waals surface area contributed by atoms with E-state index < -0.39 is 0 Å². The Balaban J connectivity index is 2.90. The van der Waals surface area contributed by atoms with Crippen LogP contribution >= 0.6 is 11.3 Å². The summed E-state index contributed by atoms with van der Waals surface area (Å²) < 4.78 is 0. The highest BCUT2D eigenvalue weighted by Crippen LogP contribution is 2.32. The molecule has 1 rings (SSSR count). The monoisotopic (exact) mass is 226 g/mol. The van der Waals surface area contributed by atoms with Crippen LogP contribution in [-0.2, 0) is 5.54 Å². The Morgan fingerprint density at radius 3 is 2.33 bits per heavy atom. The van der Waals surface area contributed by atoms with Crippen LogP contribution in [0.15, 0.2) is 11.6 Å². The van der Waals surface area contributed by atoms with Crippen LogP contribution < -0.4 is 5.32 Å². The van der Waals surface area contributed by atoms with E-state index in [4.69, 9.17) is 0 Å². The van der Waals surface area contributed by atoms with Gasteiger partial charge < -0.3 is 5.32 Å². The minimum atomic E-state index is 0.131. The summed E-state index contributed by atoms with van der Waals surface area (Å²) in [4.78, 5) is 4.50. The van der Waals surface area contributed by atoms with Gasteiger partial charge in [-0.1, -0.05) is 33.6 Å². The third kappa shape index (κ3) is 3.02. The second-order valence-corrected chi connectivity index (χ2v) is 4.84. The summed E-state index contributed by atoms with van der Waals surface area (Å²) >= 11 is 1.78. The second-order valence-electron chi connectivity index (χ2n) is 3.95. The highest BCUT2D eigenvalue weighted by atomic mass is 32.1. The molecule has 2 nitrogen and oxygen atoms in total. The van der Waals surface area contributed by atoms with Gasteiger partial charge in [-0.05, 0) is 19.4 Å². The zero-order valence-corrected chi connectivity index (χ0v) is 10.9. The van der Waals surface area contributed by atoms with Crippen molar-refractivity contribution in [2.45, 2.75) is 52.0 Å². The van der Waals surface area contributed by atoms with Crippen LogP contribution in [0.1, 0.15) is 51.5 Å². The molecule has 0 aromatic carbocycles. The average molecular weight is 226 g/mol. The largest absolute Gasteiger partial charge is 0.306 e. The maximum atomic E-state index is 4.50. The van der Waals surface area contributed by atoms with Crippen molar-refractivity contribution < 1.29 is 0 Å². The summed E-state index contributed by atoms with van der Waals surface area (Å²) in [6.07, 6.45) is 6.68. The van der Waals surface area contributed by atoms with Crippen molar-refractivity contribution in [3.05, 3.63) is 16.6 Å². The summed E-state index contributed by atoms with van der Waals surface area (Å²) in [6, 6.07) is 0. The summed E-state index contributed by atoms with van der Waals surface area (Å²) in [7, 11) is 0. The third-order valence-corrected chi connectivity index (χ3v) is 3.69. The summed E-state index contributed by atoms with van der Waals surface area (Å²) in [5.74, 6) is 0. The Hall–Kier alpha value is -0.410. The van der Waals surface area contributed by atoms with Gasteiger partial charge in [-0.25, -0.2) is 4.98 Å². The summed E-state index contributed by atoms with van der Waals surface area (Å²) in [6.45, 7) is 7.68. The van der Waals surface area contributed by atoms with Gasteiger partial charge in [-0.2, -0.15) is 0 Å². The van der Waals surface area contributed by atoms with E-state index >= 15 is 0 Å². The van der Waals surface area contributed by atoms with Crippen molar-refractivity contribution in [2.75, 3.05) is 6.54 Å². The molecule has 0 saturated carbocycles. The predicted octanol–water partition coefficient (Wildman–Crippen LogP) is 3.55. The maximum Gasteiger partial charge on any atom is 0.113 e. The van der Waals surface area contributed by atoms with Crippen LogP contribution in [0.25, 0.3) is 0 Å². The Labute approximate surface area is 97.1 Å².